The molecule has 2 amide bonds. The first-order valence-corrected chi connectivity index (χ1v) is 10.1. The van der Waals surface area contributed by atoms with E-state index in [0.29, 0.717) is 27.0 Å². The third kappa shape index (κ3) is 5.84. The van der Waals surface area contributed by atoms with Crippen molar-refractivity contribution < 1.29 is 19.4 Å². The number of carbonyl (C=O) groups excluding carboxylic acids is 2. The van der Waals surface area contributed by atoms with E-state index in [0.717, 1.165) is 15.8 Å². The van der Waals surface area contributed by atoms with Crippen molar-refractivity contribution in [2.75, 3.05) is 12.4 Å². The van der Waals surface area contributed by atoms with Gasteiger partial charge in [-0.1, -0.05) is 27.3 Å². The molecule has 0 fully saturated rings. The number of rotatable bonds is 7. The van der Waals surface area contributed by atoms with Crippen LogP contribution in [0, 0.1) is 0 Å². The average Bonchev–Trinajstić information content (AvgIpc) is 3.16. The standard InChI is InChI=1S/C19H16BrN5O4S/c1-29-15-8-11(2-7-14(15)26)10-21-23-16(27)9-17-24-25-19(30-17)22-18(28)12-3-5-13(20)6-4-12/h2-8,10,26H,9H2,1H3,(H,23,27)(H,22,25,28)/b21-10-. The van der Waals surface area contributed by atoms with Gasteiger partial charge in [-0.2, -0.15) is 5.10 Å². The SMILES string of the molecule is COc1cc(/C=N\NC(=O)Cc2nnc(NC(=O)c3ccc(Br)cc3)s2)ccc1O. The Morgan fingerprint density at radius 3 is 2.73 bits per heavy atom. The Labute approximate surface area is 183 Å². The Kier molecular flexibility index (Phi) is 7.09. The highest BCUT2D eigenvalue weighted by Crippen LogP contribution is 2.25. The lowest BCUT2D eigenvalue weighted by Gasteiger charge is -2.03. The second-order valence-electron chi connectivity index (χ2n) is 5.86. The number of hydrogen-bond acceptors (Lipinski definition) is 8. The van der Waals surface area contributed by atoms with E-state index in [-0.39, 0.29) is 24.0 Å². The van der Waals surface area contributed by atoms with Crippen LogP contribution in [-0.2, 0) is 11.2 Å². The van der Waals surface area contributed by atoms with Crippen LogP contribution >= 0.6 is 27.3 Å². The van der Waals surface area contributed by atoms with Gasteiger partial charge in [0.1, 0.15) is 5.01 Å². The summed E-state index contributed by atoms with van der Waals surface area (Å²) in [6, 6.07) is 11.5. The fourth-order valence-corrected chi connectivity index (χ4v) is 3.27. The number of benzene rings is 2. The Bertz CT molecular complexity index is 1080. The number of nitrogens with zero attached hydrogens (tertiary/aromatic N) is 3. The maximum absolute atomic E-state index is 12.2. The number of ether oxygens (including phenoxy) is 1. The quantitative estimate of drug-likeness (QED) is 0.346. The summed E-state index contributed by atoms with van der Waals surface area (Å²) in [5, 5.41) is 24.6. The molecule has 3 aromatic rings. The highest BCUT2D eigenvalue weighted by atomic mass is 79.9. The minimum absolute atomic E-state index is 0.0120. The number of phenolic OH excluding ortho intramolecular Hbond substituents is 1. The zero-order valence-electron chi connectivity index (χ0n) is 15.6. The van der Waals surface area contributed by atoms with Gasteiger partial charge in [-0.25, -0.2) is 5.43 Å². The molecular formula is C19H16BrN5O4S. The largest absolute Gasteiger partial charge is 0.504 e. The van der Waals surface area contributed by atoms with E-state index in [4.69, 9.17) is 4.74 Å². The molecule has 0 aliphatic carbocycles. The van der Waals surface area contributed by atoms with E-state index >= 15 is 0 Å². The number of aromatic nitrogens is 2. The smallest absolute Gasteiger partial charge is 0.257 e. The maximum atomic E-state index is 12.2. The monoisotopic (exact) mass is 489 g/mol. The van der Waals surface area contributed by atoms with E-state index in [9.17, 15) is 14.7 Å². The van der Waals surface area contributed by atoms with Crippen molar-refractivity contribution in [1.82, 2.24) is 15.6 Å². The van der Waals surface area contributed by atoms with Crippen molar-refractivity contribution in [2.45, 2.75) is 6.42 Å². The summed E-state index contributed by atoms with van der Waals surface area (Å²) in [7, 11) is 1.44. The Hall–Kier alpha value is -3.31. The van der Waals surface area contributed by atoms with Crippen LogP contribution < -0.4 is 15.5 Å². The van der Waals surface area contributed by atoms with Gasteiger partial charge in [-0.15, -0.1) is 10.2 Å². The normalized spacial score (nSPS) is 10.7. The first kappa shape index (κ1) is 21.4. The number of halogens is 1. The van der Waals surface area contributed by atoms with Crippen LogP contribution in [0.4, 0.5) is 5.13 Å². The Balaban J connectivity index is 1.52. The molecule has 1 heterocycles. The lowest BCUT2D eigenvalue weighted by Crippen LogP contribution is -2.19. The lowest BCUT2D eigenvalue weighted by atomic mass is 10.2. The van der Waals surface area contributed by atoms with Crippen molar-refractivity contribution in [3.63, 3.8) is 0 Å². The number of nitrogens with one attached hydrogen (secondary N) is 2. The van der Waals surface area contributed by atoms with Crippen molar-refractivity contribution in [3.8, 4) is 11.5 Å². The summed E-state index contributed by atoms with van der Waals surface area (Å²) in [6.45, 7) is 0. The zero-order valence-corrected chi connectivity index (χ0v) is 18.0. The second-order valence-corrected chi connectivity index (χ2v) is 7.84. The fourth-order valence-electron chi connectivity index (χ4n) is 2.28. The number of methoxy groups -OCH3 is 1. The summed E-state index contributed by atoms with van der Waals surface area (Å²) < 4.78 is 5.88. The molecule has 3 rings (SSSR count). The highest BCUT2D eigenvalue weighted by Gasteiger charge is 2.12. The number of hydrogen-bond donors (Lipinski definition) is 3. The van der Waals surface area contributed by atoms with Gasteiger partial charge in [0.05, 0.1) is 19.7 Å². The van der Waals surface area contributed by atoms with Crippen LogP contribution in [0.5, 0.6) is 11.5 Å². The molecule has 0 bridgehead atoms. The van der Waals surface area contributed by atoms with E-state index < -0.39 is 0 Å². The molecule has 3 N–H and O–H groups in total. The zero-order chi connectivity index (χ0) is 21.5. The molecule has 0 saturated carbocycles. The molecule has 0 aliphatic heterocycles. The van der Waals surface area contributed by atoms with Gasteiger partial charge < -0.3 is 9.84 Å². The van der Waals surface area contributed by atoms with E-state index in [2.05, 4.69) is 42.0 Å². The number of aromatic hydroxyl groups is 1. The van der Waals surface area contributed by atoms with E-state index in [1.54, 1.807) is 36.4 Å². The number of carbonyl (C=O) groups is 2. The average molecular weight is 490 g/mol. The lowest BCUT2D eigenvalue weighted by molar-refractivity contribution is -0.120. The highest BCUT2D eigenvalue weighted by molar-refractivity contribution is 9.10. The summed E-state index contributed by atoms with van der Waals surface area (Å²) in [6.07, 6.45) is 1.38. The van der Waals surface area contributed by atoms with E-state index in [1.165, 1.54) is 19.4 Å². The van der Waals surface area contributed by atoms with Gasteiger partial charge >= 0.3 is 0 Å². The van der Waals surface area contributed by atoms with Gasteiger partial charge in [-0.3, -0.25) is 14.9 Å². The summed E-state index contributed by atoms with van der Waals surface area (Å²) >= 11 is 4.42. The Morgan fingerprint density at radius 2 is 2.00 bits per heavy atom. The molecule has 0 unspecified atom stereocenters. The first-order chi connectivity index (χ1) is 14.4. The van der Waals surface area contributed by atoms with Gasteiger partial charge in [0, 0.05) is 10.0 Å². The molecular weight excluding hydrogens is 474 g/mol. The number of hydrazone groups is 1. The molecule has 0 atom stereocenters. The van der Waals surface area contributed by atoms with Crippen molar-refractivity contribution >= 4 is 50.4 Å². The molecule has 30 heavy (non-hydrogen) atoms. The number of amides is 2. The molecule has 0 radical (unpaired) electrons. The van der Waals surface area contributed by atoms with Crippen LogP contribution in [0.15, 0.2) is 52.0 Å². The molecule has 154 valence electrons. The predicted octanol–water partition coefficient (Wildman–Crippen LogP) is 2.96. The third-order valence-corrected chi connectivity index (χ3v) is 5.08. The van der Waals surface area contributed by atoms with Gasteiger partial charge in [0.15, 0.2) is 11.5 Å². The second kappa shape index (κ2) is 9.94. The van der Waals surface area contributed by atoms with Crippen LogP contribution in [-0.4, -0.2) is 40.4 Å². The summed E-state index contributed by atoms with van der Waals surface area (Å²) in [4.78, 5) is 24.2. The molecule has 9 nitrogen and oxygen atoms in total. The number of phenols is 1. The molecule has 11 heteroatoms. The van der Waals surface area contributed by atoms with Gasteiger partial charge in [-0.05, 0) is 48.0 Å². The maximum Gasteiger partial charge on any atom is 0.257 e. The van der Waals surface area contributed by atoms with Gasteiger partial charge in [0.25, 0.3) is 5.91 Å². The minimum atomic E-state index is -0.390. The molecule has 0 saturated heterocycles. The van der Waals surface area contributed by atoms with Crippen molar-refractivity contribution in [2.24, 2.45) is 5.10 Å². The van der Waals surface area contributed by atoms with Crippen molar-refractivity contribution in [3.05, 3.63) is 63.1 Å². The Morgan fingerprint density at radius 1 is 1.23 bits per heavy atom. The fraction of sp³-hybridized carbons (Fsp3) is 0.105. The third-order valence-electron chi connectivity index (χ3n) is 3.71. The predicted molar refractivity (Wildman–Crippen MR) is 116 cm³/mol. The molecule has 0 spiro atoms. The molecule has 1 aromatic heterocycles. The van der Waals surface area contributed by atoms with Crippen LogP contribution in [0.1, 0.15) is 20.9 Å². The first-order valence-electron chi connectivity index (χ1n) is 8.53. The van der Waals surface area contributed by atoms with Crippen LogP contribution in [0.25, 0.3) is 0 Å². The van der Waals surface area contributed by atoms with E-state index in [1.807, 2.05) is 0 Å². The van der Waals surface area contributed by atoms with Crippen LogP contribution in [0.2, 0.25) is 0 Å². The van der Waals surface area contributed by atoms with Crippen molar-refractivity contribution in [1.29, 1.82) is 0 Å². The number of anilines is 1. The summed E-state index contributed by atoms with van der Waals surface area (Å²) in [5.74, 6) is -0.391. The van der Waals surface area contributed by atoms with Gasteiger partial charge in [0.2, 0.25) is 11.0 Å². The topological polar surface area (TPSA) is 126 Å². The molecule has 0 aliphatic rings. The van der Waals surface area contributed by atoms with Crippen LogP contribution in [0.3, 0.4) is 0 Å². The minimum Gasteiger partial charge on any atom is -0.504 e. The molecule has 2 aromatic carbocycles. The summed E-state index contributed by atoms with van der Waals surface area (Å²) in [5.41, 5.74) is 3.50.